The molecule has 7 heteroatoms. The second-order valence-electron chi connectivity index (χ2n) is 4.72. The number of carbonyl (C=O) groups is 1. The lowest BCUT2D eigenvalue weighted by molar-refractivity contribution is 0.0973. The number of carbonyl (C=O) groups excluding carboxylic acids is 1. The minimum absolute atomic E-state index is 0.101. The highest BCUT2D eigenvalue weighted by Crippen LogP contribution is 2.15. The third-order valence-corrected chi connectivity index (χ3v) is 3.64. The van der Waals surface area contributed by atoms with Gasteiger partial charge in [-0.25, -0.2) is 9.19 Å². The van der Waals surface area contributed by atoms with Crippen molar-refractivity contribution in [2.24, 2.45) is 0 Å². The molecule has 1 heterocycles. The molecule has 2 aromatic carbocycles. The number of aromatic nitrogens is 2. The van der Waals surface area contributed by atoms with Crippen molar-refractivity contribution in [1.29, 1.82) is 0 Å². The van der Waals surface area contributed by atoms with E-state index >= 15 is 0 Å². The average molecular weight is 315 g/mol. The Hall–Kier alpha value is -2.51. The molecule has 0 aliphatic carbocycles. The van der Waals surface area contributed by atoms with E-state index in [0.717, 1.165) is 11.0 Å². The zero-order chi connectivity index (χ0) is 15.5. The summed E-state index contributed by atoms with van der Waals surface area (Å²) in [4.78, 5) is 16.6. The van der Waals surface area contributed by atoms with Crippen molar-refractivity contribution >= 4 is 33.8 Å². The van der Waals surface area contributed by atoms with Crippen LogP contribution in [-0.2, 0) is 17.8 Å². The van der Waals surface area contributed by atoms with Crippen LogP contribution in [0.25, 0.3) is 11.0 Å². The van der Waals surface area contributed by atoms with Crippen LogP contribution in [0.5, 0.6) is 0 Å². The zero-order valence-corrected chi connectivity index (χ0v) is 12.3. The third-order valence-electron chi connectivity index (χ3n) is 3.23. The Morgan fingerprint density at radius 2 is 2.05 bits per heavy atom. The summed E-state index contributed by atoms with van der Waals surface area (Å²) < 4.78 is 23.7. The first-order valence-corrected chi connectivity index (χ1v) is 7.65. The monoisotopic (exact) mass is 315 g/mol. The first-order valence-electron chi connectivity index (χ1n) is 6.54. The number of Topliss-reactive ketones (excluding diaryl/α,β-unsaturated/α-hetero) is 1. The Kier molecular flexibility index (Phi) is 3.99. The van der Waals surface area contributed by atoms with E-state index < -0.39 is 11.3 Å². The predicted octanol–water partition coefficient (Wildman–Crippen LogP) is 2.47. The number of para-hydroxylation sites is 2. The second kappa shape index (κ2) is 6.08. The van der Waals surface area contributed by atoms with Crippen LogP contribution in [0.15, 0.2) is 54.9 Å². The maximum atomic E-state index is 12.4. The molecule has 0 saturated carbocycles. The van der Waals surface area contributed by atoms with Gasteiger partial charge < -0.3 is 4.57 Å². The molecule has 0 bridgehead atoms. The van der Waals surface area contributed by atoms with Crippen molar-refractivity contribution in [3.8, 4) is 0 Å². The normalized spacial score (nSPS) is 12.2. The number of hydrogen-bond donors (Lipinski definition) is 2. The molecule has 112 valence electrons. The summed E-state index contributed by atoms with van der Waals surface area (Å²) in [6.45, 7) is 0.159. The molecular weight excluding hydrogens is 302 g/mol. The summed E-state index contributed by atoms with van der Waals surface area (Å²) in [7, 11) is 0. The smallest absolute Gasteiger partial charge is 0.259 e. The van der Waals surface area contributed by atoms with Gasteiger partial charge in [0.25, 0.3) is 11.3 Å². The topological polar surface area (TPSA) is 84.2 Å². The minimum atomic E-state index is -2.16. The van der Waals surface area contributed by atoms with Gasteiger partial charge in [0, 0.05) is 11.3 Å². The first-order chi connectivity index (χ1) is 10.6. The number of nitrogens with one attached hydrogen (secondary N) is 1. The number of rotatable bonds is 5. The summed E-state index contributed by atoms with van der Waals surface area (Å²) in [5.41, 5.74) is 2.61. The van der Waals surface area contributed by atoms with E-state index in [1.807, 2.05) is 24.3 Å². The second-order valence-corrected chi connectivity index (χ2v) is 5.42. The molecular formula is C15H13N3O3S. The molecule has 1 aromatic heterocycles. The quantitative estimate of drug-likeness (QED) is 0.559. The maximum absolute atomic E-state index is 12.4. The van der Waals surface area contributed by atoms with Gasteiger partial charge in [0.05, 0.1) is 23.9 Å². The van der Waals surface area contributed by atoms with Crippen molar-refractivity contribution in [2.75, 3.05) is 4.72 Å². The van der Waals surface area contributed by atoms with E-state index in [-0.39, 0.29) is 12.3 Å². The highest BCUT2D eigenvalue weighted by atomic mass is 32.2. The Bertz CT molecular complexity index is 860. The number of fused-ring (bicyclic) bond motifs is 1. The fourth-order valence-corrected chi connectivity index (χ4v) is 2.57. The Balaban J connectivity index is 1.84. The van der Waals surface area contributed by atoms with Crippen molar-refractivity contribution in [1.82, 2.24) is 9.55 Å². The van der Waals surface area contributed by atoms with Crippen molar-refractivity contribution in [3.63, 3.8) is 0 Å². The van der Waals surface area contributed by atoms with E-state index in [2.05, 4.69) is 9.71 Å². The standard InChI is InChI=1S/C15H13N3O3S/c19-15(11-4-3-5-12(8-11)17-22(20)21)9-18-10-16-13-6-1-2-7-14(13)18/h1-8,10,17H,9H2,(H,20,21). The lowest BCUT2D eigenvalue weighted by atomic mass is 10.1. The van der Waals surface area contributed by atoms with Gasteiger partial charge in [-0.15, -0.1) is 0 Å². The van der Waals surface area contributed by atoms with Crippen molar-refractivity contribution in [3.05, 3.63) is 60.4 Å². The minimum Gasteiger partial charge on any atom is -0.323 e. The van der Waals surface area contributed by atoms with Crippen molar-refractivity contribution in [2.45, 2.75) is 6.54 Å². The van der Waals surface area contributed by atoms with Crippen LogP contribution in [0.2, 0.25) is 0 Å². The molecule has 1 atom stereocenters. The Labute approximate surface area is 129 Å². The molecule has 0 radical (unpaired) electrons. The highest BCUT2D eigenvalue weighted by molar-refractivity contribution is 7.80. The van der Waals surface area contributed by atoms with Crippen LogP contribution < -0.4 is 4.72 Å². The number of benzene rings is 2. The molecule has 1 unspecified atom stereocenters. The summed E-state index contributed by atoms with van der Waals surface area (Å²) in [5, 5.41) is 0. The fourth-order valence-electron chi connectivity index (χ4n) is 2.24. The van der Waals surface area contributed by atoms with Gasteiger partial charge in [-0.05, 0) is 24.3 Å². The van der Waals surface area contributed by atoms with Crippen LogP contribution >= 0.6 is 0 Å². The molecule has 3 rings (SSSR count). The number of anilines is 1. The summed E-state index contributed by atoms with van der Waals surface area (Å²) in [5.74, 6) is -0.101. The molecule has 0 fully saturated rings. The number of hydrogen-bond acceptors (Lipinski definition) is 3. The van der Waals surface area contributed by atoms with E-state index in [9.17, 15) is 9.00 Å². The molecule has 22 heavy (non-hydrogen) atoms. The number of nitrogens with zero attached hydrogens (tertiary/aromatic N) is 2. The molecule has 0 amide bonds. The van der Waals surface area contributed by atoms with Gasteiger partial charge >= 0.3 is 0 Å². The zero-order valence-electron chi connectivity index (χ0n) is 11.5. The molecule has 0 aliphatic rings. The molecule has 3 aromatic rings. The number of ketones is 1. The Morgan fingerprint density at radius 1 is 1.23 bits per heavy atom. The summed E-state index contributed by atoms with van der Waals surface area (Å²) in [6.07, 6.45) is 1.63. The number of imidazole rings is 1. The first kappa shape index (κ1) is 14.4. The van der Waals surface area contributed by atoms with Crippen LogP contribution in [0, 0.1) is 0 Å². The Morgan fingerprint density at radius 3 is 2.86 bits per heavy atom. The van der Waals surface area contributed by atoms with Crippen LogP contribution in [0.3, 0.4) is 0 Å². The van der Waals surface area contributed by atoms with Gasteiger partial charge in [-0.1, -0.05) is 24.3 Å². The molecule has 0 aliphatic heterocycles. The lowest BCUT2D eigenvalue weighted by Crippen LogP contribution is -2.10. The van der Waals surface area contributed by atoms with E-state index in [0.29, 0.717) is 11.3 Å². The highest BCUT2D eigenvalue weighted by Gasteiger charge is 2.10. The van der Waals surface area contributed by atoms with Crippen LogP contribution in [-0.4, -0.2) is 24.1 Å². The maximum Gasteiger partial charge on any atom is 0.259 e. The van der Waals surface area contributed by atoms with Gasteiger partial charge in [0.1, 0.15) is 0 Å². The van der Waals surface area contributed by atoms with E-state index in [4.69, 9.17) is 4.55 Å². The van der Waals surface area contributed by atoms with Gasteiger partial charge in [0.15, 0.2) is 5.78 Å². The van der Waals surface area contributed by atoms with Crippen LogP contribution in [0.4, 0.5) is 5.69 Å². The molecule has 0 saturated heterocycles. The largest absolute Gasteiger partial charge is 0.323 e. The van der Waals surface area contributed by atoms with Gasteiger partial charge in [-0.3, -0.25) is 14.1 Å². The molecule has 6 nitrogen and oxygen atoms in total. The predicted molar refractivity (Wildman–Crippen MR) is 84.9 cm³/mol. The third kappa shape index (κ3) is 3.05. The van der Waals surface area contributed by atoms with Crippen LogP contribution in [0.1, 0.15) is 10.4 Å². The van der Waals surface area contributed by atoms with E-state index in [1.165, 1.54) is 0 Å². The summed E-state index contributed by atoms with van der Waals surface area (Å²) >= 11 is -2.16. The SMILES string of the molecule is O=C(Cn1cnc2ccccc21)c1cccc(NS(=O)O)c1. The van der Waals surface area contributed by atoms with E-state index in [1.54, 1.807) is 35.2 Å². The lowest BCUT2D eigenvalue weighted by Gasteiger charge is -2.06. The molecule has 0 spiro atoms. The van der Waals surface area contributed by atoms with Crippen molar-refractivity contribution < 1.29 is 13.6 Å². The summed E-state index contributed by atoms with van der Waals surface area (Å²) in [6, 6.07) is 14.1. The van der Waals surface area contributed by atoms with Gasteiger partial charge in [-0.2, -0.15) is 0 Å². The molecule has 2 N–H and O–H groups in total. The van der Waals surface area contributed by atoms with Gasteiger partial charge in [0.2, 0.25) is 0 Å². The average Bonchev–Trinajstić information content (AvgIpc) is 2.90. The fraction of sp³-hybridized carbons (Fsp3) is 0.0667.